The Bertz CT molecular complexity index is 290. The Hall–Kier alpha value is -0.440. The molecule has 3 heteroatoms. The quantitative estimate of drug-likeness (QED) is 0.125. The standard InChI is InChI=1S/C21H40O2S/c1-2-3-4-5-6-7-8-9-10-11-12-13-14-15-16-17-18-21(22)23-19-20-24/h13-14,24H,2-12,15-20H2,1H3/b14-13+. The van der Waals surface area contributed by atoms with Crippen molar-refractivity contribution in [3.8, 4) is 0 Å². The lowest BCUT2D eigenvalue weighted by atomic mass is 10.1. The zero-order valence-electron chi connectivity index (χ0n) is 15.9. The topological polar surface area (TPSA) is 26.3 Å². The normalized spacial score (nSPS) is 11.2. The zero-order valence-corrected chi connectivity index (χ0v) is 16.8. The number of thiol groups is 1. The highest BCUT2D eigenvalue weighted by atomic mass is 32.1. The average molecular weight is 357 g/mol. The minimum absolute atomic E-state index is 0.0848. The first-order chi connectivity index (χ1) is 11.8. The van der Waals surface area contributed by atoms with Crippen molar-refractivity contribution in [2.75, 3.05) is 12.4 Å². The lowest BCUT2D eigenvalue weighted by Gasteiger charge is -2.02. The lowest BCUT2D eigenvalue weighted by molar-refractivity contribution is -0.143. The minimum atomic E-state index is -0.0848. The maximum Gasteiger partial charge on any atom is 0.305 e. The fraction of sp³-hybridized carbons (Fsp3) is 0.857. The van der Waals surface area contributed by atoms with Gasteiger partial charge in [-0.25, -0.2) is 0 Å². The van der Waals surface area contributed by atoms with Crippen LogP contribution in [0, 0.1) is 0 Å². The Morgan fingerprint density at radius 2 is 1.29 bits per heavy atom. The van der Waals surface area contributed by atoms with Crippen molar-refractivity contribution >= 4 is 18.6 Å². The number of carbonyl (C=O) groups excluding carboxylic acids is 1. The van der Waals surface area contributed by atoms with Crippen LogP contribution in [0.2, 0.25) is 0 Å². The number of hydrogen-bond acceptors (Lipinski definition) is 3. The van der Waals surface area contributed by atoms with E-state index >= 15 is 0 Å². The molecule has 0 aromatic carbocycles. The number of unbranched alkanes of at least 4 members (excludes halogenated alkanes) is 12. The SMILES string of the molecule is CCCCCCCCCCCC/C=C/CCCCC(=O)OCCS. The molecule has 0 N–H and O–H groups in total. The van der Waals surface area contributed by atoms with Gasteiger partial charge in [0.25, 0.3) is 0 Å². The molecule has 0 saturated carbocycles. The summed E-state index contributed by atoms with van der Waals surface area (Å²) in [5.74, 6) is 0.520. The summed E-state index contributed by atoms with van der Waals surface area (Å²) in [7, 11) is 0. The molecule has 0 spiro atoms. The highest BCUT2D eigenvalue weighted by Gasteiger charge is 2.00. The van der Waals surface area contributed by atoms with Gasteiger partial charge in [0, 0.05) is 12.2 Å². The molecule has 0 fully saturated rings. The van der Waals surface area contributed by atoms with Crippen LogP contribution in [0.5, 0.6) is 0 Å². The predicted molar refractivity (Wildman–Crippen MR) is 109 cm³/mol. The number of rotatable bonds is 18. The molecule has 0 amide bonds. The number of hydrogen-bond donors (Lipinski definition) is 1. The summed E-state index contributed by atoms with van der Waals surface area (Å²) in [4.78, 5) is 11.3. The van der Waals surface area contributed by atoms with Crippen LogP contribution in [-0.4, -0.2) is 18.3 Å². The number of ether oxygens (including phenoxy) is 1. The van der Waals surface area contributed by atoms with Crippen molar-refractivity contribution in [3.05, 3.63) is 12.2 Å². The third-order valence-corrected chi connectivity index (χ3v) is 4.43. The van der Waals surface area contributed by atoms with E-state index in [2.05, 4.69) is 31.7 Å². The van der Waals surface area contributed by atoms with Crippen LogP contribution in [-0.2, 0) is 9.53 Å². The van der Waals surface area contributed by atoms with E-state index in [-0.39, 0.29) is 5.97 Å². The van der Waals surface area contributed by atoms with Crippen LogP contribution in [0.25, 0.3) is 0 Å². The van der Waals surface area contributed by atoms with Gasteiger partial charge >= 0.3 is 5.97 Å². The first-order valence-corrected chi connectivity index (χ1v) is 10.9. The summed E-state index contributed by atoms with van der Waals surface area (Å²) in [6.45, 7) is 2.71. The number of allylic oxidation sites excluding steroid dienone is 2. The maximum absolute atomic E-state index is 11.3. The van der Waals surface area contributed by atoms with E-state index < -0.39 is 0 Å². The summed E-state index contributed by atoms with van der Waals surface area (Å²) >= 11 is 4.01. The summed E-state index contributed by atoms with van der Waals surface area (Å²) in [6, 6.07) is 0. The molecule has 0 aliphatic heterocycles. The molecule has 24 heavy (non-hydrogen) atoms. The van der Waals surface area contributed by atoms with Gasteiger partial charge < -0.3 is 4.74 Å². The first kappa shape index (κ1) is 23.6. The van der Waals surface area contributed by atoms with E-state index in [1.165, 1.54) is 70.6 Å². The van der Waals surface area contributed by atoms with Crippen molar-refractivity contribution in [1.82, 2.24) is 0 Å². The Labute approximate surface area is 156 Å². The van der Waals surface area contributed by atoms with Gasteiger partial charge in [0.15, 0.2) is 0 Å². The van der Waals surface area contributed by atoms with Crippen LogP contribution in [0.3, 0.4) is 0 Å². The molecule has 0 aliphatic rings. The van der Waals surface area contributed by atoms with Gasteiger partial charge in [0.2, 0.25) is 0 Å². The molecule has 0 rings (SSSR count). The van der Waals surface area contributed by atoms with Crippen LogP contribution in [0.4, 0.5) is 0 Å². The monoisotopic (exact) mass is 356 g/mol. The second-order valence-electron chi connectivity index (χ2n) is 6.63. The second kappa shape index (κ2) is 20.6. The zero-order chi connectivity index (χ0) is 17.7. The van der Waals surface area contributed by atoms with Gasteiger partial charge in [-0.1, -0.05) is 76.9 Å². The van der Waals surface area contributed by atoms with Gasteiger partial charge in [0.05, 0.1) is 0 Å². The van der Waals surface area contributed by atoms with Crippen LogP contribution < -0.4 is 0 Å². The Morgan fingerprint density at radius 1 is 0.792 bits per heavy atom. The molecular weight excluding hydrogens is 316 g/mol. The molecule has 0 saturated heterocycles. The predicted octanol–water partition coefficient (Wildman–Crippen LogP) is 6.89. The van der Waals surface area contributed by atoms with Crippen LogP contribution in [0.1, 0.15) is 103 Å². The molecule has 0 bridgehead atoms. The van der Waals surface area contributed by atoms with Crippen molar-refractivity contribution in [1.29, 1.82) is 0 Å². The molecule has 0 radical (unpaired) electrons. The van der Waals surface area contributed by atoms with Crippen LogP contribution >= 0.6 is 12.6 Å². The second-order valence-corrected chi connectivity index (χ2v) is 7.08. The van der Waals surface area contributed by atoms with Gasteiger partial charge in [-0.2, -0.15) is 12.6 Å². The third-order valence-electron chi connectivity index (χ3n) is 4.25. The van der Waals surface area contributed by atoms with Crippen molar-refractivity contribution in [2.24, 2.45) is 0 Å². The van der Waals surface area contributed by atoms with Gasteiger partial charge in [0.1, 0.15) is 6.61 Å². The molecule has 0 aliphatic carbocycles. The van der Waals surface area contributed by atoms with Crippen molar-refractivity contribution in [2.45, 2.75) is 103 Å². The van der Waals surface area contributed by atoms with Gasteiger partial charge in [-0.15, -0.1) is 0 Å². The number of esters is 1. The summed E-state index contributed by atoms with van der Waals surface area (Å²) in [5.41, 5.74) is 0. The molecule has 2 nitrogen and oxygen atoms in total. The van der Waals surface area contributed by atoms with E-state index in [1.807, 2.05) is 0 Å². The van der Waals surface area contributed by atoms with Crippen molar-refractivity contribution < 1.29 is 9.53 Å². The summed E-state index contributed by atoms with van der Waals surface area (Å²) in [5, 5.41) is 0. The highest BCUT2D eigenvalue weighted by Crippen LogP contribution is 2.11. The largest absolute Gasteiger partial charge is 0.465 e. The molecule has 0 aromatic rings. The van der Waals surface area contributed by atoms with Gasteiger partial charge in [-0.05, 0) is 32.1 Å². The fourth-order valence-corrected chi connectivity index (χ4v) is 2.84. The highest BCUT2D eigenvalue weighted by molar-refractivity contribution is 7.80. The van der Waals surface area contributed by atoms with E-state index in [0.717, 1.165) is 19.3 Å². The minimum Gasteiger partial charge on any atom is -0.465 e. The third kappa shape index (κ3) is 19.6. The molecule has 142 valence electrons. The van der Waals surface area contributed by atoms with Crippen LogP contribution in [0.15, 0.2) is 12.2 Å². The van der Waals surface area contributed by atoms with E-state index in [0.29, 0.717) is 18.8 Å². The number of carbonyl (C=O) groups is 1. The average Bonchev–Trinajstić information content (AvgIpc) is 2.59. The molecule has 0 unspecified atom stereocenters. The van der Waals surface area contributed by atoms with E-state index in [4.69, 9.17) is 4.74 Å². The van der Waals surface area contributed by atoms with Crippen molar-refractivity contribution in [3.63, 3.8) is 0 Å². The molecular formula is C21H40O2S. The molecule has 0 aromatic heterocycles. The fourth-order valence-electron chi connectivity index (χ4n) is 2.75. The lowest BCUT2D eigenvalue weighted by Crippen LogP contribution is -2.06. The summed E-state index contributed by atoms with van der Waals surface area (Å²) in [6.07, 6.45) is 23.4. The maximum atomic E-state index is 11.3. The Morgan fingerprint density at radius 3 is 1.83 bits per heavy atom. The molecule has 0 atom stereocenters. The van der Waals surface area contributed by atoms with Gasteiger partial charge in [-0.3, -0.25) is 4.79 Å². The molecule has 0 heterocycles. The summed E-state index contributed by atoms with van der Waals surface area (Å²) < 4.78 is 4.98. The Balaban J connectivity index is 3.15. The van der Waals surface area contributed by atoms with E-state index in [1.54, 1.807) is 0 Å². The van der Waals surface area contributed by atoms with E-state index in [9.17, 15) is 4.79 Å². The Kier molecular flexibility index (Phi) is 20.2. The smallest absolute Gasteiger partial charge is 0.305 e. The first-order valence-electron chi connectivity index (χ1n) is 10.2.